The molecule has 5 radical (unpaired) electrons. The van der Waals surface area contributed by atoms with Crippen LogP contribution in [0.15, 0.2) is 267 Å². The van der Waals surface area contributed by atoms with Crippen molar-refractivity contribution in [1.29, 1.82) is 0 Å². The Kier molecular flexibility index (Phi) is 33.9. The predicted molar refractivity (Wildman–Crippen MR) is 357 cm³/mol. The van der Waals surface area contributed by atoms with Gasteiger partial charge in [0.15, 0.2) is 23.3 Å². The number of hydrogen-bond acceptors (Lipinski definition) is 8. The molecule has 1 fully saturated rings. The first-order valence-electron chi connectivity index (χ1n) is 29.3. The van der Waals surface area contributed by atoms with E-state index >= 15 is 0 Å². The minimum Gasteiger partial charge on any atom is -1.00 e. The number of aromatic nitrogens is 10. The number of fused-ring (bicyclic) bond motifs is 4. The third kappa shape index (κ3) is 19.7. The summed E-state index contributed by atoms with van der Waals surface area (Å²) in [7, 11) is 0. The first kappa shape index (κ1) is 80.6. The van der Waals surface area contributed by atoms with E-state index in [-0.39, 0.29) is 139 Å². The molecule has 0 aliphatic carbocycles. The van der Waals surface area contributed by atoms with Gasteiger partial charge >= 0.3 is 64.3 Å². The van der Waals surface area contributed by atoms with Crippen LogP contribution in [0.2, 0.25) is 0 Å². The topological polar surface area (TPSA) is 116 Å². The SMILES string of the molecule is C1=COC[CH-]1.C1CCOC1.[Cl-].[Cl-].[Cl-].[Cl-].[Cl-].[Cl-].[Ni+3].[Sn+2].[Sn+2].c1ccc(Cn2c(-c3cccc(-c4nc5ccccc5n4Cc4ccccc4)n3)nc3ccccc32)cc1.c1ccc(Cn2c(-c3cccc(-c4nc5ccccc5n4Cc4ccccc4)n3)nc3ccccc32)cc1. The van der Waals surface area contributed by atoms with Gasteiger partial charge in [0.05, 0.1) is 44.1 Å². The summed E-state index contributed by atoms with van der Waals surface area (Å²) in [6.45, 7) is 5.63. The van der Waals surface area contributed by atoms with Gasteiger partial charge in [0, 0.05) is 46.0 Å². The molecule has 0 spiro atoms. The third-order valence-electron chi connectivity index (χ3n) is 15.1. The number of rotatable bonds is 12. The van der Waals surface area contributed by atoms with Crippen LogP contribution in [0.1, 0.15) is 35.1 Å². The van der Waals surface area contributed by atoms with Crippen molar-refractivity contribution in [3.63, 3.8) is 0 Å². The minimum absolute atomic E-state index is 0. The van der Waals surface area contributed by atoms with Crippen LogP contribution in [-0.4, -0.2) is 116 Å². The minimum atomic E-state index is 0. The summed E-state index contributed by atoms with van der Waals surface area (Å²) in [4.78, 5) is 30.4. The molecule has 95 heavy (non-hydrogen) atoms. The van der Waals surface area contributed by atoms with E-state index in [1.807, 2.05) is 85.3 Å². The van der Waals surface area contributed by atoms with Crippen molar-refractivity contribution in [2.24, 2.45) is 0 Å². The average molecular weight is 1630 g/mol. The number of pyridine rings is 2. The maximum absolute atomic E-state index is 5.14. The van der Waals surface area contributed by atoms with Crippen LogP contribution in [0.4, 0.5) is 0 Å². The zero-order chi connectivity index (χ0) is 57.7. The Hall–Kier alpha value is -6.86. The molecule has 2 aliphatic rings. The van der Waals surface area contributed by atoms with Gasteiger partial charge in [-0.3, -0.25) is 0 Å². The smallest absolute Gasteiger partial charge is 1.00 e. The molecule has 0 atom stereocenters. The Balaban J connectivity index is 0.000000324. The molecular formula is C74H63Cl6N10NiO2Sn2. The van der Waals surface area contributed by atoms with Gasteiger partial charge in [-0.2, -0.15) is 12.5 Å². The van der Waals surface area contributed by atoms with Crippen molar-refractivity contribution in [2.75, 3.05) is 19.8 Å². The molecule has 14 aromatic rings. The van der Waals surface area contributed by atoms with Gasteiger partial charge in [-0.25, -0.2) is 29.9 Å². The number of halogens is 6. The molecule has 6 aromatic heterocycles. The number of hydrogen-bond donors (Lipinski definition) is 0. The molecule has 8 heterocycles. The van der Waals surface area contributed by atoms with E-state index in [4.69, 9.17) is 39.4 Å². The number of ether oxygens (including phenoxy) is 2. The molecule has 2 aliphatic heterocycles. The zero-order valence-electron chi connectivity index (χ0n) is 51.2. The maximum Gasteiger partial charge on any atom is 3.00 e. The Morgan fingerprint density at radius 1 is 0.305 bits per heavy atom. The summed E-state index contributed by atoms with van der Waals surface area (Å²) in [5.74, 6) is 3.40. The molecule has 0 bridgehead atoms. The molecule has 1 saturated heterocycles. The van der Waals surface area contributed by atoms with Crippen molar-refractivity contribution in [3.8, 4) is 46.1 Å². The first-order chi connectivity index (χ1) is 42.7. The quantitative estimate of drug-likeness (QED) is 0.0955. The normalized spacial score (nSPS) is 11.3. The van der Waals surface area contributed by atoms with E-state index in [2.05, 4.69) is 200 Å². The summed E-state index contributed by atoms with van der Waals surface area (Å²) < 4.78 is 18.7. The monoisotopic (exact) mass is 1630 g/mol. The number of nitrogens with zero attached hydrogens (tertiary/aromatic N) is 10. The average Bonchev–Trinajstić information content (AvgIpc) is 1.65. The van der Waals surface area contributed by atoms with E-state index < -0.39 is 0 Å². The van der Waals surface area contributed by atoms with Crippen LogP contribution in [-0.2, 0) is 52.1 Å². The fourth-order valence-corrected chi connectivity index (χ4v) is 10.9. The largest absolute Gasteiger partial charge is 3.00 e. The van der Waals surface area contributed by atoms with Gasteiger partial charge in [0.2, 0.25) is 0 Å². The van der Waals surface area contributed by atoms with E-state index in [1.165, 1.54) is 35.1 Å². The summed E-state index contributed by atoms with van der Waals surface area (Å²) in [5.41, 5.74) is 16.4. The standard InChI is InChI=1S/2C33H25N5.C4H8O.C4H5O.6ClH.Ni.2Sn/c2*1-3-12-24(13-4-1)22-37-30-20-9-7-16-26(30)35-32(37)28-18-11-19-29(34-28)33-36-27-17-8-10-21-31(27)38(33)23-25-14-5-2-6-15-25;2*1-2-4-5-3-1;;;;;;;;;/h2*1-21H,22-23H2;1-4H2;1-3H,4H2;6*1H;;;/q;;;-1;;;;;;;+3;2*+2/p-6. The van der Waals surface area contributed by atoms with Crippen molar-refractivity contribution in [2.45, 2.75) is 39.0 Å². The molecule has 0 N–H and O–H groups in total. The molecule has 481 valence electrons. The van der Waals surface area contributed by atoms with Crippen LogP contribution in [0.25, 0.3) is 90.2 Å². The number of benzene rings is 8. The molecule has 21 heteroatoms. The maximum atomic E-state index is 5.14. The van der Waals surface area contributed by atoms with E-state index in [1.54, 1.807) is 6.26 Å². The Morgan fingerprint density at radius 2 is 0.558 bits per heavy atom. The molecule has 8 aromatic carbocycles. The second-order valence-corrected chi connectivity index (χ2v) is 21.0. The second-order valence-electron chi connectivity index (χ2n) is 21.0. The van der Waals surface area contributed by atoms with Crippen molar-refractivity contribution in [1.82, 2.24) is 48.2 Å². The Morgan fingerprint density at radius 3 is 0.768 bits per heavy atom. The molecule has 0 unspecified atom stereocenters. The fourth-order valence-electron chi connectivity index (χ4n) is 10.9. The Labute approximate surface area is 635 Å². The molecular weight excluding hydrogens is 1570 g/mol. The Bertz CT molecular complexity index is 4040. The van der Waals surface area contributed by atoms with Crippen LogP contribution >= 0.6 is 0 Å². The van der Waals surface area contributed by atoms with Gasteiger partial charge in [0.25, 0.3) is 0 Å². The molecule has 16 rings (SSSR count). The van der Waals surface area contributed by atoms with Gasteiger partial charge in [-0.05, 0) is 108 Å². The van der Waals surface area contributed by atoms with Crippen LogP contribution < -0.4 is 74.4 Å². The summed E-state index contributed by atoms with van der Waals surface area (Å²) in [6, 6.07) is 87.3. The third-order valence-corrected chi connectivity index (χ3v) is 15.1. The van der Waals surface area contributed by atoms with Gasteiger partial charge in [-0.15, -0.1) is 0 Å². The molecule has 12 nitrogen and oxygen atoms in total. The van der Waals surface area contributed by atoms with Gasteiger partial charge < -0.3 is 102 Å². The van der Waals surface area contributed by atoms with E-state index in [9.17, 15) is 0 Å². The summed E-state index contributed by atoms with van der Waals surface area (Å²) in [5, 5.41) is 0. The van der Waals surface area contributed by atoms with Crippen molar-refractivity contribution in [3.05, 3.63) is 296 Å². The van der Waals surface area contributed by atoms with Crippen molar-refractivity contribution >= 4 is 91.9 Å². The molecule has 0 saturated carbocycles. The second kappa shape index (κ2) is 40.0. The zero-order valence-corrected chi connectivity index (χ0v) is 62.4. The van der Waals surface area contributed by atoms with Crippen molar-refractivity contribution < 1.29 is 100 Å². The number of para-hydroxylation sites is 8. The summed E-state index contributed by atoms with van der Waals surface area (Å²) in [6.07, 6.45) is 8.08. The fraction of sp³-hybridized carbons (Fsp3) is 0.122. The van der Waals surface area contributed by atoms with E-state index in [0.717, 1.165) is 136 Å². The number of imidazole rings is 4. The summed E-state index contributed by atoms with van der Waals surface area (Å²) >= 11 is 0. The first-order valence-corrected chi connectivity index (χ1v) is 29.3. The van der Waals surface area contributed by atoms with Gasteiger partial charge in [0.1, 0.15) is 22.8 Å². The molecule has 0 amide bonds. The predicted octanol–water partition coefficient (Wildman–Crippen LogP) is -2.79. The van der Waals surface area contributed by atoms with E-state index in [0.29, 0.717) is 0 Å². The van der Waals surface area contributed by atoms with Crippen LogP contribution in [0.5, 0.6) is 0 Å². The van der Waals surface area contributed by atoms with Crippen LogP contribution in [0, 0.1) is 6.42 Å². The van der Waals surface area contributed by atoms with Crippen LogP contribution in [0.3, 0.4) is 0 Å². The van der Waals surface area contributed by atoms with Gasteiger partial charge in [-0.1, -0.05) is 188 Å².